The van der Waals surface area contributed by atoms with Gasteiger partial charge in [0, 0.05) is 26.0 Å². The minimum atomic E-state index is -0.249. The molecule has 0 aliphatic carbocycles. The molecule has 0 saturated carbocycles. The first kappa shape index (κ1) is 11.2. The monoisotopic (exact) mass is 215 g/mol. The summed E-state index contributed by atoms with van der Waals surface area (Å²) in [7, 11) is 1.67. The van der Waals surface area contributed by atoms with Crippen LogP contribution in [0.3, 0.4) is 0 Å². The molecule has 0 amide bonds. The van der Waals surface area contributed by atoms with Crippen LogP contribution in [0.15, 0.2) is 12.4 Å². The van der Waals surface area contributed by atoms with Gasteiger partial charge in [0.2, 0.25) is 0 Å². The first-order valence-corrected chi connectivity index (χ1v) is 4.68. The lowest BCUT2D eigenvalue weighted by Gasteiger charge is -2.23. The zero-order chi connectivity index (χ0) is 10.6. The van der Waals surface area contributed by atoms with Crippen LogP contribution in [0.5, 0.6) is 0 Å². The molecule has 1 heterocycles. The molecule has 0 fully saturated rings. The number of ether oxygens (including phenoxy) is 1. The standard InChI is InChI=1S/C9H14ClN3O/c1-9(2,14-3)6-13-8-7(10)11-4-5-12-8/h4-5H,6H2,1-3H3,(H,12,13). The molecule has 1 N–H and O–H groups in total. The lowest BCUT2D eigenvalue weighted by molar-refractivity contribution is 0.0343. The van der Waals surface area contributed by atoms with Crippen molar-refractivity contribution >= 4 is 17.4 Å². The van der Waals surface area contributed by atoms with Gasteiger partial charge in [-0.15, -0.1) is 0 Å². The molecule has 5 heteroatoms. The molecule has 0 aromatic carbocycles. The fraction of sp³-hybridized carbons (Fsp3) is 0.556. The van der Waals surface area contributed by atoms with Crippen molar-refractivity contribution in [2.24, 2.45) is 0 Å². The van der Waals surface area contributed by atoms with Gasteiger partial charge in [0.1, 0.15) is 0 Å². The normalized spacial score (nSPS) is 11.4. The number of nitrogens with zero attached hydrogens (tertiary/aromatic N) is 2. The molecule has 78 valence electrons. The van der Waals surface area contributed by atoms with Crippen LogP contribution in [0.1, 0.15) is 13.8 Å². The Labute approximate surface area is 88.7 Å². The highest BCUT2D eigenvalue weighted by Crippen LogP contribution is 2.16. The smallest absolute Gasteiger partial charge is 0.171 e. The molecule has 1 aromatic rings. The van der Waals surface area contributed by atoms with Crippen LogP contribution in [-0.2, 0) is 4.74 Å². The summed E-state index contributed by atoms with van der Waals surface area (Å²) in [6, 6.07) is 0. The van der Waals surface area contributed by atoms with Crippen LogP contribution in [0.25, 0.3) is 0 Å². The van der Waals surface area contributed by atoms with Gasteiger partial charge in [-0.1, -0.05) is 11.6 Å². The van der Waals surface area contributed by atoms with E-state index >= 15 is 0 Å². The minimum absolute atomic E-state index is 0.249. The Hall–Kier alpha value is -0.870. The van der Waals surface area contributed by atoms with Gasteiger partial charge in [0.25, 0.3) is 0 Å². The number of aromatic nitrogens is 2. The number of methoxy groups -OCH3 is 1. The van der Waals surface area contributed by atoms with E-state index in [-0.39, 0.29) is 5.60 Å². The quantitative estimate of drug-likeness (QED) is 0.834. The number of hydrogen-bond acceptors (Lipinski definition) is 4. The van der Waals surface area contributed by atoms with Crippen LogP contribution in [-0.4, -0.2) is 29.2 Å². The summed E-state index contributed by atoms with van der Waals surface area (Å²) in [5.74, 6) is 0.583. The largest absolute Gasteiger partial charge is 0.377 e. The van der Waals surface area contributed by atoms with Gasteiger partial charge in [-0.25, -0.2) is 9.97 Å². The second kappa shape index (κ2) is 4.57. The summed E-state index contributed by atoms with van der Waals surface area (Å²) in [6.45, 7) is 4.58. The highest BCUT2D eigenvalue weighted by atomic mass is 35.5. The van der Waals surface area contributed by atoms with Gasteiger partial charge in [-0.2, -0.15) is 0 Å². The lowest BCUT2D eigenvalue weighted by Crippen LogP contribution is -2.32. The predicted molar refractivity (Wildman–Crippen MR) is 56.6 cm³/mol. The minimum Gasteiger partial charge on any atom is -0.377 e. The zero-order valence-electron chi connectivity index (χ0n) is 8.54. The molecular formula is C9H14ClN3O. The second-order valence-electron chi connectivity index (χ2n) is 3.51. The van der Waals surface area contributed by atoms with E-state index in [4.69, 9.17) is 16.3 Å². The molecule has 14 heavy (non-hydrogen) atoms. The molecule has 0 atom stereocenters. The third kappa shape index (κ3) is 3.12. The molecule has 4 nitrogen and oxygen atoms in total. The first-order chi connectivity index (χ1) is 6.55. The second-order valence-corrected chi connectivity index (χ2v) is 3.87. The summed E-state index contributed by atoms with van der Waals surface area (Å²) in [6.07, 6.45) is 3.14. The molecule has 0 aliphatic heterocycles. The highest BCUT2D eigenvalue weighted by Gasteiger charge is 2.16. The summed E-state index contributed by atoms with van der Waals surface area (Å²) in [5, 5.41) is 3.45. The Balaban J connectivity index is 2.58. The molecule has 0 bridgehead atoms. The SMILES string of the molecule is COC(C)(C)CNc1nccnc1Cl. The Morgan fingerprint density at radius 1 is 1.43 bits per heavy atom. The molecule has 0 aliphatic rings. The molecule has 0 spiro atoms. The number of anilines is 1. The average molecular weight is 216 g/mol. The lowest BCUT2D eigenvalue weighted by atomic mass is 10.1. The van der Waals surface area contributed by atoms with Gasteiger partial charge in [0.05, 0.1) is 5.60 Å². The fourth-order valence-corrected chi connectivity index (χ4v) is 0.980. The first-order valence-electron chi connectivity index (χ1n) is 4.31. The van der Waals surface area contributed by atoms with Crippen molar-refractivity contribution in [3.63, 3.8) is 0 Å². The summed E-state index contributed by atoms with van der Waals surface area (Å²) >= 11 is 5.82. The number of nitrogens with one attached hydrogen (secondary N) is 1. The summed E-state index contributed by atoms with van der Waals surface area (Å²) < 4.78 is 5.25. The van der Waals surface area contributed by atoms with E-state index in [0.717, 1.165) is 0 Å². The van der Waals surface area contributed by atoms with Crippen LogP contribution < -0.4 is 5.32 Å². The molecule has 1 rings (SSSR count). The maximum atomic E-state index is 5.82. The van der Waals surface area contributed by atoms with Gasteiger partial charge in [-0.3, -0.25) is 0 Å². The van der Waals surface area contributed by atoms with E-state index < -0.39 is 0 Å². The maximum absolute atomic E-state index is 5.82. The van der Waals surface area contributed by atoms with Gasteiger partial charge >= 0.3 is 0 Å². The Kier molecular flexibility index (Phi) is 3.66. The van der Waals surface area contributed by atoms with Crippen LogP contribution in [0.2, 0.25) is 5.15 Å². The number of rotatable bonds is 4. The van der Waals surface area contributed by atoms with Crippen LogP contribution >= 0.6 is 11.6 Å². The third-order valence-corrected chi connectivity index (χ3v) is 2.16. The fourth-order valence-electron chi connectivity index (χ4n) is 0.808. The third-order valence-electron chi connectivity index (χ3n) is 1.89. The van der Waals surface area contributed by atoms with E-state index in [0.29, 0.717) is 17.5 Å². The highest BCUT2D eigenvalue weighted by molar-refractivity contribution is 6.31. The summed E-state index contributed by atoms with van der Waals surface area (Å²) in [5.41, 5.74) is -0.249. The van der Waals surface area contributed by atoms with Crippen molar-refractivity contribution in [2.75, 3.05) is 19.0 Å². The number of hydrogen-bond donors (Lipinski definition) is 1. The summed E-state index contributed by atoms with van der Waals surface area (Å²) in [4.78, 5) is 7.96. The van der Waals surface area contributed by atoms with E-state index in [9.17, 15) is 0 Å². The van der Waals surface area contributed by atoms with Gasteiger partial charge < -0.3 is 10.1 Å². The predicted octanol–water partition coefficient (Wildman–Crippen LogP) is 1.97. The topological polar surface area (TPSA) is 47.0 Å². The molecule has 1 aromatic heterocycles. The van der Waals surface area contributed by atoms with Crippen LogP contribution in [0, 0.1) is 0 Å². The van der Waals surface area contributed by atoms with E-state index in [2.05, 4.69) is 15.3 Å². The van der Waals surface area contributed by atoms with Crippen LogP contribution in [0.4, 0.5) is 5.82 Å². The van der Waals surface area contributed by atoms with Crippen molar-refractivity contribution < 1.29 is 4.74 Å². The number of halogens is 1. The van der Waals surface area contributed by atoms with Crippen molar-refractivity contribution in [1.82, 2.24) is 9.97 Å². The molecule has 0 radical (unpaired) electrons. The Bertz CT molecular complexity index is 304. The Morgan fingerprint density at radius 3 is 2.64 bits per heavy atom. The zero-order valence-corrected chi connectivity index (χ0v) is 9.30. The average Bonchev–Trinajstić information content (AvgIpc) is 2.17. The molecular weight excluding hydrogens is 202 g/mol. The van der Waals surface area contributed by atoms with Crippen molar-refractivity contribution in [2.45, 2.75) is 19.4 Å². The Morgan fingerprint density at radius 2 is 2.07 bits per heavy atom. The maximum Gasteiger partial charge on any atom is 0.171 e. The van der Waals surface area contributed by atoms with Crippen molar-refractivity contribution in [1.29, 1.82) is 0 Å². The van der Waals surface area contributed by atoms with Gasteiger partial charge in [-0.05, 0) is 13.8 Å². The van der Waals surface area contributed by atoms with E-state index in [1.54, 1.807) is 19.5 Å². The molecule has 0 saturated heterocycles. The molecule has 0 unspecified atom stereocenters. The van der Waals surface area contributed by atoms with E-state index in [1.807, 2.05) is 13.8 Å². The van der Waals surface area contributed by atoms with E-state index in [1.165, 1.54) is 0 Å². The van der Waals surface area contributed by atoms with Crippen molar-refractivity contribution in [3.05, 3.63) is 17.5 Å². The van der Waals surface area contributed by atoms with Crippen molar-refractivity contribution in [3.8, 4) is 0 Å². The van der Waals surface area contributed by atoms with Gasteiger partial charge in [0.15, 0.2) is 11.0 Å².